The van der Waals surface area contributed by atoms with Gasteiger partial charge in [0.05, 0.1) is 0 Å². The van der Waals surface area contributed by atoms with E-state index in [-0.39, 0.29) is 18.4 Å². The van der Waals surface area contributed by atoms with Gasteiger partial charge in [0.1, 0.15) is 17.1 Å². The predicted octanol–water partition coefficient (Wildman–Crippen LogP) is 0.813. The van der Waals surface area contributed by atoms with Gasteiger partial charge < -0.3 is 20.4 Å². The SMILES string of the molecule is O=C(O)CCc1ccc(O)c(C(=O)O)c1O. The molecule has 6 nitrogen and oxygen atoms in total. The number of rotatable bonds is 4. The average Bonchev–Trinajstić information content (AvgIpc) is 2.15. The average molecular weight is 226 g/mol. The Hall–Kier alpha value is -2.24. The number of carboxylic acids is 2. The zero-order valence-electron chi connectivity index (χ0n) is 8.17. The highest BCUT2D eigenvalue weighted by Gasteiger charge is 2.18. The molecule has 1 rings (SSSR count). The molecular weight excluding hydrogens is 216 g/mol. The zero-order chi connectivity index (χ0) is 12.3. The van der Waals surface area contributed by atoms with E-state index in [0.29, 0.717) is 0 Å². The highest BCUT2D eigenvalue weighted by atomic mass is 16.4. The van der Waals surface area contributed by atoms with Crippen LogP contribution < -0.4 is 0 Å². The number of aryl methyl sites for hydroxylation is 1. The molecule has 0 bridgehead atoms. The summed E-state index contributed by atoms with van der Waals surface area (Å²) in [7, 11) is 0. The molecule has 0 aliphatic rings. The first-order valence-corrected chi connectivity index (χ1v) is 4.42. The number of aromatic carboxylic acids is 1. The van der Waals surface area contributed by atoms with Gasteiger partial charge in [-0.1, -0.05) is 6.07 Å². The molecule has 0 saturated heterocycles. The van der Waals surface area contributed by atoms with Gasteiger partial charge in [0.25, 0.3) is 0 Å². The fourth-order valence-electron chi connectivity index (χ4n) is 1.28. The standard InChI is InChI=1S/C10H10O6/c11-6-3-1-5(2-4-7(12)13)9(14)8(6)10(15)16/h1,3,11,14H,2,4H2,(H,12,13)(H,15,16). The molecule has 0 unspecified atom stereocenters. The van der Waals surface area contributed by atoms with Gasteiger partial charge in [0, 0.05) is 6.42 Å². The highest BCUT2D eigenvalue weighted by molar-refractivity contribution is 5.94. The van der Waals surface area contributed by atoms with Crippen molar-refractivity contribution in [1.82, 2.24) is 0 Å². The van der Waals surface area contributed by atoms with Crippen LogP contribution in [-0.2, 0) is 11.2 Å². The molecule has 16 heavy (non-hydrogen) atoms. The van der Waals surface area contributed by atoms with Crippen LogP contribution in [0.2, 0.25) is 0 Å². The Kier molecular flexibility index (Phi) is 3.34. The first-order valence-electron chi connectivity index (χ1n) is 4.42. The Morgan fingerprint density at radius 3 is 2.25 bits per heavy atom. The summed E-state index contributed by atoms with van der Waals surface area (Å²) in [4.78, 5) is 21.0. The fraction of sp³-hybridized carbons (Fsp3) is 0.200. The summed E-state index contributed by atoms with van der Waals surface area (Å²) in [6.07, 6.45) is -0.223. The number of aliphatic carboxylic acids is 1. The Bertz CT molecular complexity index is 437. The van der Waals surface area contributed by atoms with Crippen LogP contribution in [0.15, 0.2) is 12.1 Å². The Labute approximate surface area is 90.4 Å². The van der Waals surface area contributed by atoms with Crippen molar-refractivity contribution < 1.29 is 30.0 Å². The number of carboxylic acid groups (broad SMARTS) is 2. The minimum Gasteiger partial charge on any atom is -0.507 e. The summed E-state index contributed by atoms with van der Waals surface area (Å²) in [5.74, 6) is -3.66. The molecule has 0 fully saturated rings. The number of benzene rings is 1. The second kappa shape index (κ2) is 4.52. The Balaban J connectivity index is 3.08. The lowest BCUT2D eigenvalue weighted by Gasteiger charge is -2.07. The molecule has 0 saturated carbocycles. The third kappa shape index (κ3) is 2.41. The number of phenols is 2. The van der Waals surface area contributed by atoms with Gasteiger partial charge in [0.2, 0.25) is 0 Å². The Morgan fingerprint density at radius 2 is 1.75 bits per heavy atom. The number of hydrogen-bond donors (Lipinski definition) is 4. The summed E-state index contributed by atoms with van der Waals surface area (Å²) in [6.45, 7) is 0. The van der Waals surface area contributed by atoms with Crippen LogP contribution in [0.3, 0.4) is 0 Å². The smallest absolute Gasteiger partial charge is 0.343 e. The first kappa shape index (κ1) is 11.8. The summed E-state index contributed by atoms with van der Waals surface area (Å²) >= 11 is 0. The van der Waals surface area contributed by atoms with Crippen LogP contribution >= 0.6 is 0 Å². The summed E-state index contributed by atoms with van der Waals surface area (Å²) < 4.78 is 0. The molecule has 4 N–H and O–H groups in total. The molecule has 6 heteroatoms. The zero-order valence-corrected chi connectivity index (χ0v) is 8.17. The van der Waals surface area contributed by atoms with E-state index in [0.717, 1.165) is 6.07 Å². The third-order valence-electron chi connectivity index (χ3n) is 2.06. The molecule has 0 radical (unpaired) electrons. The molecule has 1 aromatic carbocycles. The van der Waals surface area contributed by atoms with Crippen molar-refractivity contribution in [1.29, 1.82) is 0 Å². The van der Waals surface area contributed by atoms with E-state index in [2.05, 4.69) is 0 Å². The van der Waals surface area contributed by atoms with Gasteiger partial charge in [-0.15, -0.1) is 0 Å². The number of aromatic hydroxyl groups is 2. The van der Waals surface area contributed by atoms with Crippen molar-refractivity contribution in [2.45, 2.75) is 12.8 Å². The third-order valence-corrected chi connectivity index (χ3v) is 2.06. The van der Waals surface area contributed by atoms with Crippen LogP contribution in [-0.4, -0.2) is 32.4 Å². The van der Waals surface area contributed by atoms with Gasteiger partial charge in [0.15, 0.2) is 0 Å². The summed E-state index contributed by atoms with van der Waals surface area (Å²) in [5.41, 5.74) is -0.430. The molecule has 0 aliphatic carbocycles. The maximum Gasteiger partial charge on any atom is 0.343 e. The largest absolute Gasteiger partial charge is 0.507 e. The van der Waals surface area contributed by atoms with Crippen molar-refractivity contribution in [2.24, 2.45) is 0 Å². The molecule has 0 spiro atoms. The van der Waals surface area contributed by atoms with Crippen LogP contribution in [0.25, 0.3) is 0 Å². The van der Waals surface area contributed by atoms with E-state index < -0.39 is 29.0 Å². The second-order valence-electron chi connectivity index (χ2n) is 3.17. The number of hydrogen-bond acceptors (Lipinski definition) is 4. The summed E-state index contributed by atoms with van der Waals surface area (Å²) in [5, 5.41) is 35.9. The van der Waals surface area contributed by atoms with E-state index >= 15 is 0 Å². The van der Waals surface area contributed by atoms with Gasteiger partial charge in [-0.3, -0.25) is 4.79 Å². The van der Waals surface area contributed by atoms with Crippen molar-refractivity contribution in [3.05, 3.63) is 23.3 Å². The van der Waals surface area contributed by atoms with Gasteiger partial charge in [-0.05, 0) is 18.1 Å². The van der Waals surface area contributed by atoms with Crippen molar-refractivity contribution in [3.8, 4) is 11.5 Å². The van der Waals surface area contributed by atoms with Gasteiger partial charge in [-0.25, -0.2) is 4.79 Å². The highest BCUT2D eigenvalue weighted by Crippen LogP contribution is 2.31. The van der Waals surface area contributed by atoms with E-state index in [9.17, 15) is 19.8 Å². The lowest BCUT2D eigenvalue weighted by atomic mass is 10.0. The van der Waals surface area contributed by atoms with Crippen molar-refractivity contribution >= 4 is 11.9 Å². The quantitative estimate of drug-likeness (QED) is 0.604. The molecule has 86 valence electrons. The normalized spacial score (nSPS) is 10.0. The molecule has 0 atom stereocenters. The molecular formula is C10H10O6. The van der Waals surface area contributed by atoms with Crippen molar-refractivity contribution in [3.63, 3.8) is 0 Å². The monoisotopic (exact) mass is 226 g/mol. The lowest BCUT2D eigenvalue weighted by molar-refractivity contribution is -0.136. The molecule has 0 aliphatic heterocycles. The first-order chi connectivity index (χ1) is 7.43. The van der Waals surface area contributed by atoms with E-state index in [1.54, 1.807) is 0 Å². The van der Waals surface area contributed by atoms with Crippen LogP contribution in [0, 0.1) is 0 Å². The van der Waals surface area contributed by atoms with E-state index in [1.807, 2.05) is 0 Å². The van der Waals surface area contributed by atoms with Gasteiger partial charge in [-0.2, -0.15) is 0 Å². The van der Waals surface area contributed by atoms with Crippen molar-refractivity contribution in [2.75, 3.05) is 0 Å². The van der Waals surface area contributed by atoms with E-state index in [4.69, 9.17) is 10.2 Å². The van der Waals surface area contributed by atoms with Crippen LogP contribution in [0.5, 0.6) is 11.5 Å². The summed E-state index contributed by atoms with van der Waals surface area (Å²) in [6, 6.07) is 2.40. The molecule has 0 heterocycles. The molecule has 1 aromatic rings. The minimum atomic E-state index is -1.47. The maximum atomic E-state index is 10.7. The Morgan fingerprint density at radius 1 is 1.12 bits per heavy atom. The molecule has 0 amide bonds. The maximum absolute atomic E-state index is 10.7. The van der Waals surface area contributed by atoms with Gasteiger partial charge >= 0.3 is 11.9 Å². The predicted molar refractivity (Wildman–Crippen MR) is 52.7 cm³/mol. The second-order valence-corrected chi connectivity index (χ2v) is 3.17. The number of carbonyl (C=O) groups is 2. The molecule has 0 aromatic heterocycles. The van der Waals surface area contributed by atoms with Crippen LogP contribution in [0.1, 0.15) is 22.3 Å². The topological polar surface area (TPSA) is 115 Å². The van der Waals surface area contributed by atoms with E-state index in [1.165, 1.54) is 6.07 Å². The fourth-order valence-corrected chi connectivity index (χ4v) is 1.28. The minimum absolute atomic E-state index is 0.00171. The van der Waals surface area contributed by atoms with Crippen LogP contribution in [0.4, 0.5) is 0 Å². The lowest BCUT2D eigenvalue weighted by Crippen LogP contribution is -2.02.